The van der Waals surface area contributed by atoms with Crippen LogP contribution in [0.4, 0.5) is 5.69 Å². The normalized spacial score (nSPS) is 10.2. The van der Waals surface area contributed by atoms with E-state index < -0.39 is 0 Å². The summed E-state index contributed by atoms with van der Waals surface area (Å²) in [5, 5.41) is 4.97. The molecule has 0 aliphatic heterocycles. The molecule has 1 amide bonds. The Kier molecular flexibility index (Phi) is 4.54. The maximum atomic E-state index is 12.0. The van der Waals surface area contributed by atoms with Crippen LogP contribution in [-0.4, -0.2) is 12.5 Å². The summed E-state index contributed by atoms with van der Waals surface area (Å²) in [6.45, 7) is 2.55. The Balaban J connectivity index is 1.92. The van der Waals surface area contributed by atoms with E-state index in [1.54, 1.807) is 23.5 Å². The van der Waals surface area contributed by atoms with E-state index in [0.29, 0.717) is 12.1 Å². The van der Waals surface area contributed by atoms with Crippen molar-refractivity contribution in [3.8, 4) is 0 Å². The van der Waals surface area contributed by atoms with Gasteiger partial charge in [-0.3, -0.25) is 10.6 Å². The van der Waals surface area contributed by atoms with Gasteiger partial charge in [-0.05, 0) is 48.6 Å². The summed E-state index contributed by atoms with van der Waals surface area (Å²) >= 11 is 1.71. The second kappa shape index (κ2) is 6.36. The van der Waals surface area contributed by atoms with Crippen LogP contribution in [0.15, 0.2) is 35.7 Å². The Bertz CT molecular complexity index is 552. The molecule has 0 unspecified atom stereocenters. The van der Waals surface area contributed by atoms with Crippen LogP contribution in [-0.2, 0) is 6.42 Å². The second-order valence-electron chi connectivity index (χ2n) is 4.26. The van der Waals surface area contributed by atoms with Crippen molar-refractivity contribution in [2.24, 2.45) is 5.84 Å². The van der Waals surface area contributed by atoms with Gasteiger partial charge in [-0.1, -0.05) is 6.07 Å². The smallest absolute Gasteiger partial charge is 0.251 e. The molecule has 4 nitrogen and oxygen atoms in total. The Labute approximate surface area is 116 Å². The number of carbonyl (C=O) groups excluding carboxylic acids is 1. The molecule has 0 atom stereocenters. The lowest BCUT2D eigenvalue weighted by atomic mass is 10.1. The second-order valence-corrected chi connectivity index (χ2v) is 5.29. The molecule has 100 valence electrons. The first-order chi connectivity index (χ1) is 9.20. The van der Waals surface area contributed by atoms with Crippen molar-refractivity contribution in [2.75, 3.05) is 12.0 Å². The Morgan fingerprint density at radius 1 is 1.37 bits per heavy atom. The van der Waals surface area contributed by atoms with Gasteiger partial charge in [0.15, 0.2) is 0 Å². The van der Waals surface area contributed by atoms with Crippen LogP contribution >= 0.6 is 11.3 Å². The summed E-state index contributed by atoms with van der Waals surface area (Å²) in [7, 11) is 0. The quantitative estimate of drug-likeness (QED) is 0.579. The Morgan fingerprint density at radius 2 is 2.21 bits per heavy atom. The number of rotatable bonds is 5. The molecule has 2 rings (SSSR count). The molecule has 1 heterocycles. The van der Waals surface area contributed by atoms with E-state index in [-0.39, 0.29) is 5.91 Å². The fourth-order valence-corrected chi connectivity index (χ4v) is 2.57. The number of nitrogens with one attached hydrogen (secondary N) is 2. The van der Waals surface area contributed by atoms with Gasteiger partial charge in [0, 0.05) is 22.7 Å². The minimum Gasteiger partial charge on any atom is -0.352 e. The van der Waals surface area contributed by atoms with Crippen LogP contribution in [0.1, 0.15) is 20.8 Å². The van der Waals surface area contributed by atoms with Gasteiger partial charge in [-0.25, -0.2) is 0 Å². The van der Waals surface area contributed by atoms with Crippen LogP contribution in [0, 0.1) is 6.92 Å². The summed E-state index contributed by atoms with van der Waals surface area (Å²) in [6.07, 6.45) is 0.866. The van der Waals surface area contributed by atoms with Gasteiger partial charge < -0.3 is 10.7 Å². The summed E-state index contributed by atoms with van der Waals surface area (Å²) in [5.41, 5.74) is 4.96. The number of aryl methyl sites for hydroxylation is 1. The summed E-state index contributed by atoms with van der Waals surface area (Å²) in [4.78, 5) is 13.3. The van der Waals surface area contributed by atoms with Crippen LogP contribution in [0.2, 0.25) is 0 Å². The van der Waals surface area contributed by atoms with E-state index in [9.17, 15) is 4.79 Å². The van der Waals surface area contributed by atoms with Crippen LogP contribution < -0.4 is 16.6 Å². The standard InChI is InChI=1S/C14H17N3OS/c1-10-9-11(17-15)4-5-13(10)14(18)16-7-6-12-3-2-8-19-12/h2-5,8-9,17H,6-7,15H2,1H3,(H,16,18). The van der Waals surface area contributed by atoms with Crippen LogP contribution in [0.3, 0.4) is 0 Å². The van der Waals surface area contributed by atoms with Gasteiger partial charge in [-0.15, -0.1) is 11.3 Å². The predicted molar refractivity (Wildman–Crippen MR) is 79.3 cm³/mol. The van der Waals surface area contributed by atoms with Gasteiger partial charge >= 0.3 is 0 Å². The van der Waals surface area contributed by atoms with Crippen LogP contribution in [0.25, 0.3) is 0 Å². The first-order valence-electron chi connectivity index (χ1n) is 6.08. The molecule has 0 fully saturated rings. The van der Waals surface area contributed by atoms with E-state index >= 15 is 0 Å². The molecule has 0 aliphatic carbocycles. The Hall–Kier alpha value is -1.85. The fourth-order valence-electron chi connectivity index (χ4n) is 1.86. The first-order valence-corrected chi connectivity index (χ1v) is 6.96. The van der Waals surface area contributed by atoms with Crippen molar-refractivity contribution in [2.45, 2.75) is 13.3 Å². The molecule has 2 aromatic rings. The molecule has 1 aromatic heterocycles. The molecular weight excluding hydrogens is 258 g/mol. The fraction of sp³-hybridized carbons (Fsp3) is 0.214. The number of benzene rings is 1. The molecule has 1 aromatic carbocycles. The molecule has 0 saturated carbocycles. The minimum atomic E-state index is -0.0439. The van der Waals surface area contributed by atoms with E-state index in [1.807, 2.05) is 24.4 Å². The first kappa shape index (κ1) is 13.6. The zero-order valence-electron chi connectivity index (χ0n) is 10.8. The summed E-state index contributed by atoms with van der Waals surface area (Å²) < 4.78 is 0. The third-order valence-electron chi connectivity index (χ3n) is 2.87. The van der Waals surface area contributed by atoms with Gasteiger partial charge in [0.1, 0.15) is 0 Å². The highest BCUT2D eigenvalue weighted by atomic mass is 32.1. The monoisotopic (exact) mass is 275 g/mol. The molecule has 0 aliphatic rings. The lowest BCUT2D eigenvalue weighted by Gasteiger charge is -2.09. The molecule has 19 heavy (non-hydrogen) atoms. The molecule has 5 heteroatoms. The molecule has 0 spiro atoms. The zero-order valence-corrected chi connectivity index (χ0v) is 11.6. The number of nitrogen functional groups attached to an aromatic ring is 1. The number of nitrogens with two attached hydrogens (primary N) is 1. The molecule has 0 saturated heterocycles. The number of thiophene rings is 1. The number of amides is 1. The van der Waals surface area contributed by atoms with Crippen LogP contribution in [0.5, 0.6) is 0 Å². The number of anilines is 1. The number of hydrogen-bond acceptors (Lipinski definition) is 4. The van der Waals surface area contributed by atoms with Crippen molar-refractivity contribution < 1.29 is 4.79 Å². The van der Waals surface area contributed by atoms with Gasteiger partial charge in [0.05, 0.1) is 0 Å². The summed E-state index contributed by atoms with van der Waals surface area (Å²) in [6, 6.07) is 9.52. The SMILES string of the molecule is Cc1cc(NN)ccc1C(=O)NCCc1cccs1. The van der Waals surface area contributed by atoms with Gasteiger partial charge in [0.2, 0.25) is 0 Å². The van der Waals surface area contributed by atoms with Gasteiger partial charge in [-0.2, -0.15) is 0 Å². The van der Waals surface area contributed by atoms with E-state index in [0.717, 1.165) is 17.7 Å². The predicted octanol–water partition coefficient (Wildman–Crippen LogP) is 2.31. The lowest BCUT2D eigenvalue weighted by molar-refractivity contribution is 0.0953. The van der Waals surface area contributed by atoms with Crippen molar-refractivity contribution >= 4 is 22.9 Å². The zero-order chi connectivity index (χ0) is 13.7. The maximum Gasteiger partial charge on any atom is 0.251 e. The van der Waals surface area contributed by atoms with Crippen molar-refractivity contribution in [3.63, 3.8) is 0 Å². The number of carbonyl (C=O) groups is 1. The molecule has 0 bridgehead atoms. The highest BCUT2D eigenvalue weighted by Gasteiger charge is 2.08. The average molecular weight is 275 g/mol. The highest BCUT2D eigenvalue weighted by Crippen LogP contribution is 2.14. The van der Waals surface area contributed by atoms with E-state index in [2.05, 4.69) is 16.8 Å². The topological polar surface area (TPSA) is 67.1 Å². The third-order valence-corrected chi connectivity index (χ3v) is 3.81. The maximum absolute atomic E-state index is 12.0. The Morgan fingerprint density at radius 3 is 2.84 bits per heavy atom. The van der Waals surface area contributed by atoms with Crippen molar-refractivity contribution in [1.29, 1.82) is 0 Å². The van der Waals surface area contributed by atoms with Crippen molar-refractivity contribution in [1.82, 2.24) is 5.32 Å². The van der Waals surface area contributed by atoms with E-state index in [1.165, 1.54) is 4.88 Å². The molecule has 4 N–H and O–H groups in total. The molecular formula is C14H17N3OS. The average Bonchev–Trinajstić information content (AvgIpc) is 2.91. The minimum absolute atomic E-state index is 0.0439. The summed E-state index contributed by atoms with van der Waals surface area (Å²) in [5.74, 6) is 5.29. The largest absolute Gasteiger partial charge is 0.352 e. The van der Waals surface area contributed by atoms with Gasteiger partial charge in [0.25, 0.3) is 5.91 Å². The van der Waals surface area contributed by atoms with E-state index in [4.69, 9.17) is 5.84 Å². The number of hydrazine groups is 1. The van der Waals surface area contributed by atoms with Crippen molar-refractivity contribution in [3.05, 3.63) is 51.7 Å². The third kappa shape index (κ3) is 3.56. The highest BCUT2D eigenvalue weighted by molar-refractivity contribution is 7.09. The lowest BCUT2D eigenvalue weighted by Crippen LogP contribution is -2.26. The molecule has 0 radical (unpaired) electrons. The number of hydrogen-bond donors (Lipinski definition) is 3.